The van der Waals surface area contributed by atoms with E-state index in [0.29, 0.717) is 4.83 Å². The Hall–Kier alpha value is -0.740. The number of hydrogen-bond acceptors (Lipinski definition) is 3. The zero-order chi connectivity index (χ0) is 13.0. The fourth-order valence-electron chi connectivity index (χ4n) is 1.80. The van der Waals surface area contributed by atoms with Gasteiger partial charge in [-0.05, 0) is 30.9 Å². The van der Waals surface area contributed by atoms with Crippen LogP contribution in [0.2, 0.25) is 0 Å². The number of benzene rings is 1. The second kappa shape index (κ2) is 6.43. The third-order valence-corrected chi connectivity index (χ3v) is 5.46. The van der Waals surface area contributed by atoms with Crippen molar-refractivity contribution in [2.45, 2.75) is 37.9 Å². The molecule has 96 valence electrons. The molecule has 0 N–H and O–H groups in total. The fraction of sp³-hybridized carbons (Fsp3) is 0.429. The highest BCUT2D eigenvalue weighted by atomic mass is 79.9. The van der Waals surface area contributed by atoms with Crippen molar-refractivity contribution in [1.82, 2.24) is 10.2 Å². The minimum absolute atomic E-state index is 0.349. The van der Waals surface area contributed by atoms with Crippen LogP contribution in [0.15, 0.2) is 24.3 Å². The molecule has 1 aromatic carbocycles. The maximum atomic E-state index is 4.27. The highest BCUT2D eigenvalue weighted by molar-refractivity contribution is 9.09. The third kappa shape index (κ3) is 3.39. The normalized spacial score (nSPS) is 12.6. The first kappa shape index (κ1) is 13.7. The largest absolute Gasteiger partial charge is 0.144 e. The molecule has 2 nitrogen and oxygen atoms in total. The minimum Gasteiger partial charge on any atom is -0.144 e. The van der Waals surface area contributed by atoms with Crippen LogP contribution >= 0.6 is 27.3 Å². The lowest BCUT2D eigenvalue weighted by atomic mass is 10.0. The van der Waals surface area contributed by atoms with Gasteiger partial charge in [0.2, 0.25) is 0 Å². The monoisotopic (exact) mass is 324 g/mol. The number of alkyl halides is 1. The minimum atomic E-state index is 0.349. The Morgan fingerprint density at radius 3 is 2.72 bits per heavy atom. The van der Waals surface area contributed by atoms with Gasteiger partial charge >= 0.3 is 0 Å². The van der Waals surface area contributed by atoms with Crippen molar-refractivity contribution in [3.05, 3.63) is 45.4 Å². The standard InChI is InChI=1S/C14H17BrN2S/c1-3-12(15)14-17-16-13(18-14)9-8-11-7-5-4-6-10(11)2/h4-7,12H,3,8-9H2,1-2H3. The molecule has 0 fully saturated rings. The maximum Gasteiger partial charge on any atom is 0.131 e. The summed E-state index contributed by atoms with van der Waals surface area (Å²) in [6.45, 7) is 4.31. The maximum absolute atomic E-state index is 4.27. The SMILES string of the molecule is CCC(Br)c1nnc(CCc2ccccc2C)s1. The van der Waals surface area contributed by atoms with Crippen molar-refractivity contribution >= 4 is 27.3 Å². The molecule has 0 saturated carbocycles. The van der Waals surface area contributed by atoms with Gasteiger partial charge in [-0.1, -0.05) is 47.1 Å². The van der Waals surface area contributed by atoms with Gasteiger partial charge in [-0.25, -0.2) is 0 Å². The van der Waals surface area contributed by atoms with Crippen LogP contribution in [-0.4, -0.2) is 10.2 Å². The highest BCUT2D eigenvalue weighted by Crippen LogP contribution is 2.28. The van der Waals surface area contributed by atoms with Crippen LogP contribution in [-0.2, 0) is 12.8 Å². The zero-order valence-electron chi connectivity index (χ0n) is 10.7. The molecule has 1 unspecified atom stereocenters. The number of hydrogen-bond donors (Lipinski definition) is 0. The average Bonchev–Trinajstić information content (AvgIpc) is 2.86. The van der Waals surface area contributed by atoms with E-state index in [2.05, 4.69) is 64.2 Å². The lowest BCUT2D eigenvalue weighted by Gasteiger charge is -2.03. The van der Waals surface area contributed by atoms with Crippen molar-refractivity contribution in [3.8, 4) is 0 Å². The molecular formula is C14H17BrN2S. The summed E-state index contributed by atoms with van der Waals surface area (Å²) in [4.78, 5) is 0.349. The molecular weight excluding hydrogens is 308 g/mol. The molecule has 2 rings (SSSR count). The van der Waals surface area contributed by atoms with Crippen LogP contribution in [0.3, 0.4) is 0 Å². The molecule has 1 heterocycles. The van der Waals surface area contributed by atoms with E-state index in [4.69, 9.17) is 0 Å². The van der Waals surface area contributed by atoms with Gasteiger partial charge in [-0.2, -0.15) is 0 Å². The van der Waals surface area contributed by atoms with E-state index >= 15 is 0 Å². The molecule has 1 aromatic heterocycles. The zero-order valence-corrected chi connectivity index (χ0v) is 13.1. The Morgan fingerprint density at radius 1 is 1.22 bits per heavy atom. The van der Waals surface area contributed by atoms with Crippen LogP contribution in [0.5, 0.6) is 0 Å². The second-order valence-corrected chi connectivity index (χ2v) is 6.54. The van der Waals surface area contributed by atoms with Crippen LogP contribution in [0.4, 0.5) is 0 Å². The first-order valence-corrected chi connectivity index (χ1v) is 7.94. The molecule has 0 aliphatic heterocycles. The topological polar surface area (TPSA) is 25.8 Å². The first-order chi connectivity index (χ1) is 8.70. The average molecular weight is 325 g/mol. The number of rotatable bonds is 5. The predicted molar refractivity (Wildman–Crippen MR) is 80.5 cm³/mol. The fourth-order valence-corrected chi connectivity index (χ4v) is 3.08. The Bertz CT molecular complexity index is 510. The van der Waals surface area contributed by atoms with Gasteiger partial charge in [0.1, 0.15) is 10.0 Å². The summed E-state index contributed by atoms with van der Waals surface area (Å²) in [7, 11) is 0. The van der Waals surface area contributed by atoms with Crippen molar-refractivity contribution in [2.75, 3.05) is 0 Å². The van der Waals surface area contributed by atoms with Gasteiger partial charge in [0.15, 0.2) is 0 Å². The number of aromatic nitrogens is 2. The van der Waals surface area contributed by atoms with E-state index in [-0.39, 0.29) is 0 Å². The molecule has 4 heteroatoms. The van der Waals surface area contributed by atoms with Crippen LogP contribution in [0, 0.1) is 6.92 Å². The Balaban J connectivity index is 1.98. The Labute approximate surface area is 121 Å². The molecule has 0 spiro atoms. The van der Waals surface area contributed by atoms with Gasteiger partial charge in [0.05, 0.1) is 4.83 Å². The van der Waals surface area contributed by atoms with E-state index in [1.807, 2.05) is 0 Å². The summed E-state index contributed by atoms with van der Waals surface area (Å²) in [5.74, 6) is 0. The van der Waals surface area contributed by atoms with E-state index in [0.717, 1.165) is 29.3 Å². The molecule has 0 bridgehead atoms. The quantitative estimate of drug-likeness (QED) is 0.758. The number of aryl methyl sites for hydroxylation is 3. The molecule has 18 heavy (non-hydrogen) atoms. The molecule has 2 aromatic rings. The highest BCUT2D eigenvalue weighted by Gasteiger charge is 2.11. The second-order valence-electron chi connectivity index (χ2n) is 4.34. The van der Waals surface area contributed by atoms with Crippen LogP contribution in [0.25, 0.3) is 0 Å². The smallest absolute Gasteiger partial charge is 0.131 e. The summed E-state index contributed by atoms with van der Waals surface area (Å²) < 4.78 is 0. The summed E-state index contributed by atoms with van der Waals surface area (Å²) in [5.41, 5.74) is 2.76. The molecule has 0 saturated heterocycles. The summed E-state index contributed by atoms with van der Waals surface area (Å²) >= 11 is 5.34. The van der Waals surface area contributed by atoms with Gasteiger partial charge in [-0.15, -0.1) is 21.5 Å². The van der Waals surface area contributed by atoms with Gasteiger partial charge < -0.3 is 0 Å². The molecule has 0 aliphatic carbocycles. The third-order valence-electron chi connectivity index (χ3n) is 2.98. The lowest BCUT2D eigenvalue weighted by molar-refractivity contribution is 0.847. The lowest BCUT2D eigenvalue weighted by Crippen LogP contribution is -1.93. The van der Waals surface area contributed by atoms with E-state index in [9.17, 15) is 0 Å². The van der Waals surface area contributed by atoms with Crippen molar-refractivity contribution in [3.63, 3.8) is 0 Å². The van der Waals surface area contributed by atoms with Crippen LogP contribution < -0.4 is 0 Å². The van der Waals surface area contributed by atoms with Crippen molar-refractivity contribution in [2.24, 2.45) is 0 Å². The summed E-state index contributed by atoms with van der Waals surface area (Å²) in [6, 6.07) is 8.53. The van der Waals surface area contributed by atoms with E-state index < -0.39 is 0 Å². The molecule has 0 aliphatic rings. The van der Waals surface area contributed by atoms with Gasteiger partial charge in [0, 0.05) is 6.42 Å². The summed E-state index contributed by atoms with van der Waals surface area (Å²) in [5, 5.41) is 10.7. The van der Waals surface area contributed by atoms with E-state index in [1.165, 1.54) is 11.1 Å². The number of halogens is 1. The van der Waals surface area contributed by atoms with Gasteiger partial charge in [0.25, 0.3) is 0 Å². The molecule has 0 radical (unpaired) electrons. The molecule has 1 atom stereocenters. The van der Waals surface area contributed by atoms with Crippen LogP contribution in [0.1, 0.15) is 39.3 Å². The summed E-state index contributed by atoms with van der Waals surface area (Å²) in [6.07, 6.45) is 3.07. The van der Waals surface area contributed by atoms with E-state index in [1.54, 1.807) is 11.3 Å². The van der Waals surface area contributed by atoms with Crippen molar-refractivity contribution in [1.29, 1.82) is 0 Å². The predicted octanol–water partition coefficient (Wildman–Crippen LogP) is 4.48. The Kier molecular flexibility index (Phi) is 4.89. The first-order valence-electron chi connectivity index (χ1n) is 6.21. The Morgan fingerprint density at radius 2 is 2.00 bits per heavy atom. The molecule has 0 amide bonds. The number of nitrogens with zero attached hydrogens (tertiary/aromatic N) is 2. The van der Waals surface area contributed by atoms with Crippen molar-refractivity contribution < 1.29 is 0 Å². The van der Waals surface area contributed by atoms with Gasteiger partial charge in [-0.3, -0.25) is 0 Å².